The normalized spacial score (nSPS) is 17.2. The van der Waals surface area contributed by atoms with Crippen LogP contribution in [0.1, 0.15) is 51.5 Å². The smallest absolute Gasteiger partial charge is 0.345 e. The molecule has 1 unspecified atom stereocenters. The van der Waals surface area contributed by atoms with Gasteiger partial charge < -0.3 is 5.32 Å². The van der Waals surface area contributed by atoms with Crippen LogP contribution in [0.25, 0.3) is 0 Å². The Bertz CT molecular complexity index is 874. The predicted octanol–water partition coefficient (Wildman–Crippen LogP) is 6.29. The van der Waals surface area contributed by atoms with Crippen molar-refractivity contribution in [3.63, 3.8) is 0 Å². The van der Waals surface area contributed by atoms with Crippen LogP contribution in [-0.4, -0.2) is 5.91 Å². The fraction of sp³-hybridized carbons (Fsp3) is 0.316. The van der Waals surface area contributed by atoms with Gasteiger partial charge >= 0.3 is 12.4 Å². The second kappa shape index (κ2) is 7.42. The minimum Gasteiger partial charge on any atom is -0.345 e. The Morgan fingerprint density at radius 2 is 1.57 bits per heavy atom. The molecule has 2 aromatic carbocycles. The van der Waals surface area contributed by atoms with E-state index in [0.717, 1.165) is 28.4 Å². The average Bonchev–Trinajstić information content (AvgIpc) is 2.59. The number of aryl methyl sites for hydroxylation is 1. The topological polar surface area (TPSA) is 29.1 Å². The maximum absolute atomic E-state index is 13.0. The molecule has 2 aromatic rings. The van der Waals surface area contributed by atoms with Gasteiger partial charge in [0.2, 0.25) is 0 Å². The second-order valence-corrected chi connectivity index (χ2v) is 7.47. The summed E-state index contributed by atoms with van der Waals surface area (Å²) in [7, 11) is 0. The maximum atomic E-state index is 13.0. The van der Waals surface area contributed by atoms with E-state index in [0.29, 0.717) is 18.6 Å². The molecule has 0 saturated heterocycles. The Morgan fingerprint density at radius 3 is 2.14 bits per heavy atom. The summed E-state index contributed by atoms with van der Waals surface area (Å²) in [5.74, 6) is -0.975. The van der Waals surface area contributed by atoms with Crippen LogP contribution in [0.4, 0.5) is 26.3 Å². The molecular formula is C19H14BrF6NO. The number of fused-ring (bicyclic) bond motifs is 1. The summed E-state index contributed by atoms with van der Waals surface area (Å²) in [6.45, 7) is 0. The van der Waals surface area contributed by atoms with Crippen LogP contribution in [0.3, 0.4) is 0 Å². The van der Waals surface area contributed by atoms with Crippen LogP contribution in [-0.2, 0) is 18.8 Å². The SMILES string of the molecule is O=C(NC1CCCc2cc(Br)ccc21)c1cc(C(F)(F)F)cc(C(F)(F)F)c1. The Kier molecular flexibility index (Phi) is 5.49. The van der Waals surface area contributed by atoms with Crippen molar-refractivity contribution in [3.8, 4) is 0 Å². The number of benzene rings is 2. The molecule has 0 bridgehead atoms. The second-order valence-electron chi connectivity index (χ2n) is 6.56. The minimum absolute atomic E-state index is 0.00418. The van der Waals surface area contributed by atoms with Crippen molar-refractivity contribution in [2.24, 2.45) is 0 Å². The highest BCUT2D eigenvalue weighted by molar-refractivity contribution is 9.10. The highest BCUT2D eigenvalue weighted by atomic mass is 79.9. The van der Waals surface area contributed by atoms with Crippen molar-refractivity contribution >= 4 is 21.8 Å². The van der Waals surface area contributed by atoms with Crippen molar-refractivity contribution in [1.29, 1.82) is 0 Å². The molecule has 0 radical (unpaired) electrons. The van der Waals surface area contributed by atoms with Gasteiger partial charge in [-0.15, -0.1) is 0 Å². The molecule has 0 spiro atoms. The maximum Gasteiger partial charge on any atom is 0.416 e. The lowest BCUT2D eigenvalue weighted by molar-refractivity contribution is -0.143. The van der Waals surface area contributed by atoms with E-state index in [1.54, 1.807) is 12.1 Å². The summed E-state index contributed by atoms with van der Waals surface area (Å²) < 4.78 is 78.8. The van der Waals surface area contributed by atoms with E-state index in [1.165, 1.54) is 0 Å². The van der Waals surface area contributed by atoms with Crippen LogP contribution in [0.15, 0.2) is 40.9 Å². The molecule has 0 heterocycles. The van der Waals surface area contributed by atoms with Gasteiger partial charge in [-0.2, -0.15) is 26.3 Å². The quantitative estimate of drug-likeness (QED) is 0.518. The Hall–Kier alpha value is -2.03. The molecule has 1 atom stereocenters. The average molecular weight is 466 g/mol. The molecule has 0 aliphatic heterocycles. The molecule has 1 amide bonds. The molecule has 9 heteroatoms. The van der Waals surface area contributed by atoms with Crippen LogP contribution >= 0.6 is 15.9 Å². The first-order chi connectivity index (χ1) is 12.9. The van der Waals surface area contributed by atoms with E-state index in [1.807, 2.05) is 6.07 Å². The summed E-state index contributed by atoms with van der Waals surface area (Å²) in [6.07, 6.45) is -7.93. The molecule has 0 aromatic heterocycles. The summed E-state index contributed by atoms with van der Waals surface area (Å²) in [4.78, 5) is 12.5. The lowest BCUT2D eigenvalue weighted by Gasteiger charge is -2.27. The van der Waals surface area contributed by atoms with Gasteiger partial charge in [0, 0.05) is 10.0 Å². The summed E-state index contributed by atoms with van der Waals surface area (Å²) in [6, 6.07) is 5.86. The zero-order valence-electron chi connectivity index (χ0n) is 14.2. The molecule has 1 aliphatic carbocycles. The Balaban J connectivity index is 1.93. The number of alkyl halides is 6. The standard InChI is InChI=1S/C19H14BrF6NO/c20-14-4-5-15-10(8-14)2-1-3-16(15)27-17(28)11-6-12(18(21,22)23)9-13(7-11)19(24,25)26/h4-9,16H,1-3H2,(H,27,28). The zero-order valence-corrected chi connectivity index (χ0v) is 15.8. The molecule has 1 N–H and O–H groups in total. The third kappa shape index (κ3) is 4.51. The van der Waals surface area contributed by atoms with Gasteiger partial charge in [0.05, 0.1) is 17.2 Å². The monoisotopic (exact) mass is 465 g/mol. The Morgan fingerprint density at radius 1 is 0.964 bits per heavy atom. The molecule has 2 nitrogen and oxygen atoms in total. The molecular weight excluding hydrogens is 452 g/mol. The van der Waals surface area contributed by atoms with Gasteiger partial charge in [-0.25, -0.2) is 0 Å². The van der Waals surface area contributed by atoms with Crippen molar-refractivity contribution < 1.29 is 31.1 Å². The van der Waals surface area contributed by atoms with E-state index >= 15 is 0 Å². The lowest BCUT2D eigenvalue weighted by Crippen LogP contribution is -2.31. The van der Waals surface area contributed by atoms with E-state index in [4.69, 9.17) is 0 Å². The van der Waals surface area contributed by atoms with E-state index in [-0.39, 0.29) is 6.07 Å². The molecule has 150 valence electrons. The largest absolute Gasteiger partial charge is 0.416 e. The number of hydrogen-bond donors (Lipinski definition) is 1. The minimum atomic E-state index is -5.00. The first-order valence-electron chi connectivity index (χ1n) is 8.34. The number of hydrogen-bond acceptors (Lipinski definition) is 1. The van der Waals surface area contributed by atoms with Crippen molar-refractivity contribution in [2.75, 3.05) is 0 Å². The van der Waals surface area contributed by atoms with Gasteiger partial charge in [-0.05, 0) is 60.7 Å². The Labute approximate surface area is 165 Å². The summed E-state index contributed by atoms with van der Waals surface area (Å²) in [5.41, 5.74) is -1.91. The first-order valence-corrected chi connectivity index (χ1v) is 9.13. The first kappa shape index (κ1) is 20.7. The molecule has 28 heavy (non-hydrogen) atoms. The number of rotatable bonds is 2. The number of halogens is 7. The van der Waals surface area contributed by atoms with Gasteiger partial charge in [0.15, 0.2) is 0 Å². The van der Waals surface area contributed by atoms with Crippen LogP contribution in [0.5, 0.6) is 0 Å². The summed E-state index contributed by atoms with van der Waals surface area (Å²) >= 11 is 3.35. The number of carbonyl (C=O) groups is 1. The van der Waals surface area contributed by atoms with Crippen molar-refractivity contribution in [2.45, 2.75) is 37.7 Å². The van der Waals surface area contributed by atoms with Crippen LogP contribution < -0.4 is 5.32 Å². The zero-order chi connectivity index (χ0) is 20.7. The molecule has 1 aliphatic rings. The number of carbonyl (C=O) groups excluding carboxylic acids is 1. The summed E-state index contributed by atoms with van der Waals surface area (Å²) in [5, 5.41) is 2.58. The fourth-order valence-corrected chi connectivity index (χ4v) is 3.67. The van der Waals surface area contributed by atoms with Crippen molar-refractivity contribution in [1.82, 2.24) is 5.32 Å². The fourth-order valence-electron chi connectivity index (χ4n) is 3.26. The number of amides is 1. The molecule has 0 saturated carbocycles. The predicted molar refractivity (Wildman–Crippen MR) is 93.7 cm³/mol. The van der Waals surface area contributed by atoms with Gasteiger partial charge in [0.25, 0.3) is 5.91 Å². The van der Waals surface area contributed by atoms with Crippen molar-refractivity contribution in [3.05, 3.63) is 68.7 Å². The van der Waals surface area contributed by atoms with Gasteiger partial charge in [-0.3, -0.25) is 4.79 Å². The molecule has 0 fully saturated rings. The highest BCUT2D eigenvalue weighted by Gasteiger charge is 2.37. The van der Waals surface area contributed by atoms with Crippen LogP contribution in [0.2, 0.25) is 0 Å². The van der Waals surface area contributed by atoms with E-state index in [2.05, 4.69) is 21.2 Å². The lowest BCUT2D eigenvalue weighted by atomic mass is 9.87. The number of nitrogens with one attached hydrogen (secondary N) is 1. The third-order valence-electron chi connectivity index (χ3n) is 4.57. The van der Waals surface area contributed by atoms with Gasteiger partial charge in [0.1, 0.15) is 0 Å². The highest BCUT2D eigenvalue weighted by Crippen LogP contribution is 2.37. The van der Waals surface area contributed by atoms with Crippen LogP contribution in [0, 0.1) is 0 Å². The van der Waals surface area contributed by atoms with E-state index in [9.17, 15) is 31.1 Å². The third-order valence-corrected chi connectivity index (χ3v) is 5.07. The van der Waals surface area contributed by atoms with Gasteiger partial charge in [-0.1, -0.05) is 22.0 Å². The molecule has 3 rings (SSSR count). The van der Waals surface area contributed by atoms with E-state index < -0.39 is 41.0 Å².